The number of hydrogen-bond acceptors (Lipinski definition) is 3. The molecule has 0 unspecified atom stereocenters. The van der Waals surface area contributed by atoms with Crippen LogP contribution in [0, 0.1) is 0 Å². The third-order valence-corrected chi connectivity index (χ3v) is 4.42. The summed E-state index contributed by atoms with van der Waals surface area (Å²) in [4.78, 5) is 7.98. The van der Waals surface area contributed by atoms with Crippen molar-refractivity contribution < 1.29 is 5.11 Å². The van der Waals surface area contributed by atoms with Gasteiger partial charge in [-0.25, -0.2) is 4.99 Å². The summed E-state index contributed by atoms with van der Waals surface area (Å²) in [5.74, 6) is 0.901. The van der Waals surface area contributed by atoms with Crippen LogP contribution in [0.3, 0.4) is 0 Å². The number of nitrogens with zero attached hydrogens (tertiary/aromatic N) is 2. The topological polar surface area (TPSA) is 47.9 Å². The lowest BCUT2D eigenvalue weighted by Crippen LogP contribution is -2.40. The first-order valence-corrected chi connectivity index (χ1v) is 7.75. The highest BCUT2D eigenvalue weighted by molar-refractivity contribution is 14.0. The third kappa shape index (κ3) is 5.20. The van der Waals surface area contributed by atoms with Gasteiger partial charge in [-0.1, -0.05) is 0 Å². The first-order chi connectivity index (χ1) is 8.69. The molecule has 1 aromatic rings. The van der Waals surface area contributed by atoms with Gasteiger partial charge in [0.25, 0.3) is 0 Å². The summed E-state index contributed by atoms with van der Waals surface area (Å²) >= 11 is 5.16. The standard InChI is InChI=1S/C12H18BrN3OS.HI/c1-2-14-12(16-6-5-9(17)8-16)15-7-10-3-4-11(13)18-10;/h3-4,9,17H,2,5-8H2,1H3,(H,14,15);1H/t9-;/m1./s1. The number of thiophene rings is 1. The van der Waals surface area contributed by atoms with Gasteiger partial charge in [0, 0.05) is 24.5 Å². The molecule has 0 radical (unpaired) electrons. The summed E-state index contributed by atoms with van der Waals surface area (Å²) < 4.78 is 1.13. The Morgan fingerprint density at radius 3 is 2.95 bits per heavy atom. The van der Waals surface area contributed by atoms with Crippen LogP contribution in [0.1, 0.15) is 18.2 Å². The van der Waals surface area contributed by atoms with E-state index in [4.69, 9.17) is 0 Å². The second-order valence-electron chi connectivity index (χ2n) is 4.26. The Morgan fingerprint density at radius 1 is 1.63 bits per heavy atom. The summed E-state index contributed by atoms with van der Waals surface area (Å²) in [6.07, 6.45) is 0.611. The van der Waals surface area contributed by atoms with Crippen molar-refractivity contribution in [2.24, 2.45) is 4.99 Å². The first-order valence-electron chi connectivity index (χ1n) is 6.14. The number of nitrogens with one attached hydrogen (secondary N) is 1. The Balaban J connectivity index is 0.00000180. The van der Waals surface area contributed by atoms with Gasteiger partial charge in [-0.05, 0) is 41.4 Å². The van der Waals surface area contributed by atoms with Gasteiger partial charge in [0.15, 0.2) is 5.96 Å². The fourth-order valence-electron chi connectivity index (χ4n) is 1.95. The van der Waals surface area contributed by atoms with Crippen molar-refractivity contribution in [1.29, 1.82) is 0 Å². The third-order valence-electron chi connectivity index (χ3n) is 2.81. The molecule has 1 fully saturated rings. The van der Waals surface area contributed by atoms with Crippen LogP contribution < -0.4 is 5.32 Å². The van der Waals surface area contributed by atoms with Gasteiger partial charge in [-0.15, -0.1) is 35.3 Å². The number of β-amino-alcohol motifs (C(OH)–C–C–N with tert-alkyl or cyclic N) is 1. The molecule has 1 aliphatic rings. The number of guanidine groups is 1. The molecular weight excluding hydrogens is 441 g/mol. The highest BCUT2D eigenvalue weighted by Crippen LogP contribution is 2.22. The van der Waals surface area contributed by atoms with Crippen LogP contribution in [0.4, 0.5) is 0 Å². The van der Waals surface area contributed by atoms with E-state index in [2.05, 4.69) is 44.1 Å². The number of rotatable bonds is 3. The largest absolute Gasteiger partial charge is 0.391 e. The molecule has 1 atom stereocenters. The molecule has 0 amide bonds. The van der Waals surface area contributed by atoms with E-state index < -0.39 is 0 Å². The average Bonchev–Trinajstić information content (AvgIpc) is 2.94. The van der Waals surface area contributed by atoms with Crippen LogP contribution in [-0.4, -0.2) is 41.7 Å². The summed E-state index contributed by atoms with van der Waals surface area (Å²) in [6, 6.07) is 4.13. The molecular formula is C12H19BrIN3OS. The highest BCUT2D eigenvalue weighted by atomic mass is 127. The predicted octanol–water partition coefficient (Wildman–Crippen LogP) is 2.66. The van der Waals surface area contributed by atoms with E-state index in [1.54, 1.807) is 11.3 Å². The highest BCUT2D eigenvalue weighted by Gasteiger charge is 2.22. The molecule has 1 aromatic heterocycles. The monoisotopic (exact) mass is 459 g/mol. The number of aliphatic hydroxyl groups is 1. The molecule has 0 bridgehead atoms. The van der Waals surface area contributed by atoms with Crippen LogP contribution in [0.2, 0.25) is 0 Å². The molecule has 7 heteroatoms. The maximum atomic E-state index is 9.58. The van der Waals surface area contributed by atoms with Crippen LogP contribution in [-0.2, 0) is 6.54 Å². The van der Waals surface area contributed by atoms with Crippen LogP contribution in [0.25, 0.3) is 0 Å². The fraction of sp³-hybridized carbons (Fsp3) is 0.583. The lowest BCUT2D eigenvalue weighted by molar-refractivity contribution is 0.188. The second kappa shape index (κ2) is 8.43. The Morgan fingerprint density at radius 2 is 2.42 bits per heavy atom. The van der Waals surface area contributed by atoms with Crippen molar-refractivity contribution in [3.63, 3.8) is 0 Å². The summed E-state index contributed by atoms with van der Waals surface area (Å²) in [6.45, 7) is 5.15. The molecule has 19 heavy (non-hydrogen) atoms. The van der Waals surface area contributed by atoms with E-state index in [1.165, 1.54) is 4.88 Å². The summed E-state index contributed by atoms with van der Waals surface area (Å²) in [7, 11) is 0. The smallest absolute Gasteiger partial charge is 0.194 e. The van der Waals surface area contributed by atoms with Crippen LogP contribution in [0.15, 0.2) is 20.9 Å². The van der Waals surface area contributed by atoms with Gasteiger partial charge in [0.1, 0.15) is 0 Å². The lowest BCUT2D eigenvalue weighted by atomic mass is 10.3. The Labute approximate surface area is 143 Å². The molecule has 0 aliphatic carbocycles. The average molecular weight is 460 g/mol. The molecule has 0 aromatic carbocycles. The van der Waals surface area contributed by atoms with Crippen molar-refractivity contribution in [1.82, 2.24) is 10.2 Å². The van der Waals surface area contributed by atoms with Gasteiger partial charge >= 0.3 is 0 Å². The summed E-state index contributed by atoms with van der Waals surface area (Å²) in [5, 5.41) is 12.9. The SMILES string of the molecule is CCNC(=NCc1ccc(Br)s1)N1CC[C@@H](O)C1.I. The van der Waals surface area contributed by atoms with E-state index in [-0.39, 0.29) is 30.1 Å². The van der Waals surface area contributed by atoms with Crippen molar-refractivity contribution >= 4 is 57.2 Å². The molecule has 2 rings (SSSR count). The van der Waals surface area contributed by atoms with E-state index >= 15 is 0 Å². The van der Waals surface area contributed by atoms with Crippen LogP contribution >= 0.6 is 51.2 Å². The molecule has 0 saturated carbocycles. The minimum absolute atomic E-state index is 0. The van der Waals surface area contributed by atoms with Crippen molar-refractivity contribution in [2.75, 3.05) is 19.6 Å². The molecule has 0 spiro atoms. The predicted molar refractivity (Wildman–Crippen MR) is 94.4 cm³/mol. The minimum atomic E-state index is -0.218. The zero-order valence-electron chi connectivity index (χ0n) is 10.8. The number of halogens is 2. The van der Waals surface area contributed by atoms with Crippen molar-refractivity contribution in [3.8, 4) is 0 Å². The maximum Gasteiger partial charge on any atom is 0.194 e. The fourth-order valence-corrected chi connectivity index (χ4v) is 3.36. The Bertz CT molecular complexity index is 427. The number of likely N-dealkylation sites (tertiary alicyclic amines) is 1. The van der Waals surface area contributed by atoms with E-state index in [1.807, 2.05) is 6.07 Å². The van der Waals surface area contributed by atoms with Crippen molar-refractivity contribution in [3.05, 3.63) is 20.8 Å². The van der Waals surface area contributed by atoms with E-state index in [9.17, 15) is 5.11 Å². The first kappa shape index (κ1) is 17.2. The molecule has 2 heterocycles. The minimum Gasteiger partial charge on any atom is -0.391 e. The zero-order valence-corrected chi connectivity index (χ0v) is 15.5. The van der Waals surface area contributed by atoms with Crippen LogP contribution in [0.5, 0.6) is 0 Å². The Kier molecular flexibility index (Phi) is 7.63. The quantitative estimate of drug-likeness (QED) is 0.415. The molecule has 1 saturated heterocycles. The normalized spacial score (nSPS) is 19.4. The van der Waals surface area contributed by atoms with Gasteiger partial charge in [-0.3, -0.25) is 0 Å². The van der Waals surface area contributed by atoms with E-state index in [0.29, 0.717) is 13.1 Å². The molecule has 2 N–H and O–H groups in total. The molecule has 1 aliphatic heterocycles. The van der Waals surface area contributed by atoms with Gasteiger partial charge in [0.2, 0.25) is 0 Å². The van der Waals surface area contributed by atoms with Crippen molar-refractivity contribution in [2.45, 2.75) is 26.0 Å². The molecule has 108 valence electrons. The molecule has 4 nitrogen and oxygen atoms in total. The van der Waals surface area contributed by atoms with Gasteiger partial charge in [0.05, 0.1) is 16.4 Å². The van der Waals surface area contributed by atoms with Gasteiger partial charge in [-0.2, -0.15) is 0 Å². The van der Waals surface area contributed by atoms with E-state index in [0.717, 1.165) is 29.3 Å². The Hall–Kier alpha value is 0.140. The number of aliphatic hydroxyl groups excluding tert-OH is 1. The second-order valence-corrected chi connectivity index (χ2v) is 6.81. The lowest BCUT2D eigenvalue weighted by Gasteiger charge is -2.20. The summed E-state index contributed by atoms with van der Waals surface area (Å²) in [5.41, 5.74) is 0. The zero-order chi connectivity index (χ0) is 13.0. The number of hydrogen-bond donors (Lipinski definition) is 2. The number of aliphatic imine (C=N–C) groups is 1. The maximum absolute atomic E-state index is 9.58. The van der Waals surface area contributed by atoms with Gasteiger partial charge < -0.3 is 15.3 Å².